The number of ether oxygens (including phenoxy) is 1. The Hall–Kier alpha value is -2.17. The average molecular weight is 298 g/mol. The van der Waals surface area contributed by atoms with Crippen molar-refractivity contribution in [2.75, 3.05) is 6.61 Å². The van der Waals surface area contributed by atoms with Crippen molar-refractivity contribution in [3.63, 3.8) is 0 Å². The van der Waals surface area contributed by atoms with Gasteiger partial charge in [0.1, 0.15) is 6.04 Å². The Morgan fingerprint density at radius 2 is 1.73 bits per heavy atom. The lowest BCUT2D eigenvalue weighted by atomic mass is 10.1. The van der Waals surface area contributed by atoms with Crippen LogP contribution in [0.5, 0.6) is 0 Å². The van der Waals surface area contributed by atoms with E-state index in [1.54, 1.807) is 0 Å². The molecule has 2 rings (SSSR count). The van der Waals surface area contributed by atoms with Gasteiger partial charge < -0.3 is 10.5 Å². The highest BCUT2D eigenvalue weighted by Gasteiger charge is 2.16. The Labute approximate surface area is 131 Å². The normalized spacial score (nSPS) is 12.0. The molecule has 116 valence electrons. The fraction of sp³-hybridized carbons (Fsp3) is 0.278. The first-order valence-corrected chi connectivity index (χ1v) is 7.44. The van der Waals surface area contributed by atoms with Gasteiger partial charge in [-0.3, -0.25) is 10.1 Å². The third-order valence-corrected chi connectivity index (χ3v) is 3.42. The molecule has 2 aromatic rings. The van der Waals surface area contributed by atoms with Crippen LogP contribution in [0.25, 0.3) is 0 Å². The van der Waals surface area contributed by atoms with Crippen molar-refractivity contribution in [3.05, 3.63) is 71.3 Å². The van der Waals surface area contributed by atoms with Crippen molar-refractivity contribution >= 4 is 5.91 Å². The van der Waals surface area contributed by atoms with Crippen LogP contribution in [0.1, 0.15) is 29.7 Å². The zero-order chi connectivity index (χ0) is 15.8. The lowest BCUT2D eigenvalue weighted by Gasteiger charge is -2.16. The number of rotatable bonds is 8. The molecule has 0 aliphatic rings. The number of primary amides is 1. The summed E-state index contributed by atoms with van der Waals surface area (Å²) in [7, 11) is 0. The van der Waals surface area contributed by atoms with E-state index in [0.29, 0.717) is 19.8 Å². The van der Waals surface area contributed by atoms with Crippen molar-refractivity contribution < 1.29 is 9.53 Å². The molecule has 0 saturated carbocycles. The molecule has 0 unspecified atom stereocenters. The smallest absolute Gasteiger partial charge is 0.239 e. The topological polar surface area (TPSA) is 64.3 Å². The first-order valence-electron chi connectivity index (χ1n) is 7.44. The molecule has 0 fully saturated rings. The minimum atomic E-state index is -0.482. The second-order valence-corrected chi connectivity index (χ2v) is 5.08. The van der Waals surface area contributed by atoms with Gasteiger partial charge in [-0.25, -0.2) is 0 Å². The minimum Gasteiger partial charge on any atom is -0.377 e. The number of benzene rings is 2. The molecule has 0 spiro atoms. The van der Waals surface area contributed by atoms with E-state index in [1.165, 1.54) is 0 Å². The molecule has 0 aromatic heterocycles. The summed E-state index contributed by atoms with van der Waals surface area (Å²) < 4.78 is 5.37. The van der Waals surface area contributed by atoms with Gasteiger partial charge in [-0.05, 0) is 23.6 Å². The molecule has 0 radical (unpaired) electrons. The number of hydrogen-bond acceptors (Lipinski definition) is 3. The average Bonchev–Trinajstić information content (AvgIpc) is 2.55. The summed E-state index contributed by atoms with van der Waals surface area (Å²) in [5, 5.41) is 3.21. The quantitative estimate of drug-likeness (QED) is 0.787. The van der Waals surface area contributed by atoms with Gasteiger partial charge >= 0.3 is 0 Å². The number of amides is 1. The van der Waals surface area contributed by atoms with Gasteiger partial charge in [0, 0.05) is 13.2 Å². The molecular formula is C18H22N2O2. The van der Waals surface area contributed by atoms with Crippen molar-refractivity contribution in [2.45, 2.75) is 26.1 Å². The predicted molar refractivity (Wildman–Crippen MR) is 87.0 cm³/mol. The number of nitrogens with two attached hydrogens (primary N) is 1. The Balaban J connectivity index is 1.96. The fourth-order valence-electron chi connectivity index (χ4n) is 2.22. The summed E-state index contributed by atoms with van der Waals surface area (Å²) >= 11 is 0. The molecule has 0 bridgehead atoms. The Morgan fingerprint density at radius 1 is 1.09 bits per heavy atom. The number of hydrogen-bond donors (Lipinski definition) is 2. The van der Waals surface area contributed by atoms with E-state index in [2.05, 4.69) is 5.32 Å². The minimum absolute atomic E-state index is 0.376. The van der Waals surface area contributed by atoms with E-state index in [4.69, 9.17) is 10.5 Å². The van der Waals surface area contributed by atoms with Crippen molar-refractivity contribution in [3.8, 4) is 0 Å². The van der Waals surface area contributed by atoms with Crippen molar-refractivity contribution in [2.24, 2.45) is 5.73 Å². The molecule has 2 aromatic carbocycles. The van der Waals surface area contributed by atoms with Crippen LogP contribution in [-0.2, 0) is 22.7 Å². The van der Waals surface area contributed by atoms with Gasteiger partial charge in [-0.1, -0.05) is 54.6 Å². The largest absolute Gasteiger partial charge is 0.377 e. The highest BCUT2D eigenvalue weighted by atomic mass is 16.5. The molecule has 0 saturated heterocycles. The third kappa shape index (κ3) is 4.69. The first-order chi connectivity index (χ1) is 10.7. The zero-order valence-electron chi connectivity index (χ0n) is 12.8. The zero-order valence-corrected chi connectivity index (χ0v) is 12.8. The second-order valence-electron chi connectivity index (χ2n) is 5.08. The molecule has 0 heterocycles. The number of nitrogens with one attached hydrogen (secondary N) is 1. The van der Waals surface area contributed by atoms with Gasteiger partial charge in [0.2, 0.25) is 5.91 Å². The van der Waals surface area contributed by atoms with Crippen LogP contribution in [0.4, 0.5) is 0 Å². The molecule has 3 N–H and O–H groups in total. The summed E-state index contributed by atoms with van der Waals surface area (Å²) in [5.41, 5.74) is 8.61. The van der Waals surface area contributed by atoms with E-state index in [0.717, 1.165) is 16.7 Å². The van der Waals surface area contributed by atoms with Gasteiger partial charge in [0.15, 0.2) is 0 Å². The maximum atomic E-state index is 11.6. The summed E-state index contributed by atoms with van der Waals surface area (Å²) in [6, 6.07) is 17.2. The molecule has 4 nitrogen and oxygen atoms in total. The molecule has 1 amide bonds. The fourth-order valence-corrected chi connectivity index (χ4v) is 2.22. The van der Waals surface area contributed by atoms with Crippen LogP contribution in [0.2, 0.25) is 0 Å². The van der Waals surface area contributed by atoms with Crippen molar-refractivity contribution in [1.82, 2.24) is 5.32 Å². The molecule has 0 aliphatic heterocycles. The molecule has 1 atom stereocenters. The molecule has 4 heteroatoms. The summed E-state index contributed by atoms with van der Waals surface area (Å²) in [6.07, 6.45) is 0. The van der Waals surface area contributed by atoms with E-state index in [9.17, 15) is 4.79 Å². The van der Waals surface area contributed by atoms with Gasteiger partial charge in [0.05, 0.1) is 6.61 Å². The Kier molecular flexibility index (Phi) is 6.13. The highest BCUT2D eigenvalue weighted by molar-refractivity contribution is 5.81. The van der Waals surface area contributed by atoms with Crippen LogP contribution < -0.4 is 11.1 Å². The lowest BCUT2D eigenvalue weighted by Crippen LogP contribution is -2.33. The van der Waals surface area contributed by atoms with Gasteiger partial charge in [0.25, 0.3) is 0 Å². The maximum Gasteiger partial charge on any atom is 0.239 e. The second kappa shape index (κ2) is 8.32. The third-order valence-electron chi connectivity index (χ3n) is 3.42. The Bertz CT molecular complexity index is 582. The van der Waals surface area contributed by atoms with E-state index >= 15 is 0 Å². The number of carbonyl (C=O) groups is 1. The molecule has 0 aliphatic carbocycles. The van der Waals surface area contributed by atoms with E-state index in [-0.39, 0.29) is 5.91 Å². The molecule has 22 heavy (non-hydrogen) atoms. The van der Waals surface area contributed by atoms with E-state index < -0.39 is 6.04 Å². The van der Waals surface area contributed by atoms with Crippen LogP contribution in [-0.4, -0.2) is 12.5 Å². The van der Waals surface area contributed by atoms with Crippen molar-refractivity contribution in [1.29, 1.82) is 0 Å². The number of carbonyl (C=O) groups excluding carboxylic acids is 1. The monoisotopic (exact) mass is 298 g/mol. The Morgan fingerprint density at radius 3 is 2.32 bits per heavy atom. The summed E-state index contributed by atoms with van der Waals surface area (Å²) in [6.45, 7) is 3.89. The van der Waals surface area contributed by atoms with E-state index in [1.807, 2.05) is 61.5 Å². The molecular weight excluding hydrogens is 276 g/mol. The highest BCUT2D eigenvalue weighted by Crippen LogP contribution is 2.13. The standard InChI is InChI=1S/C18H22N2O2/c1-2-22-13-15-10-8-14(9-11-15)12-20-17(18(19)21)16-6-4-3-5-7-16/h3-11,17,20H,2,12-13H2,1H3,(H2,19,21)/t17-/m0/s1. The maximum absolute atomic E-state index is 11.6. The first kappa shape index (κ1) is 16.2. The lowest BCUT2D eigenvalue weighted by molar-refractivity contribution is -0.120. The summed E-state index contributed by atoms with van der Waals surface area (Å²) in [4.78, 5) is 11.6. The van der Waals surface area contributed by atoms with Crippen LogP contribution in [0.15, 0.2) is 54.6 Å². The SMILES string of the molecule is CCOCc1ccc(CN[C@H](C(N)=O)c2ccccc2)cc1. The van der Waals surface area contributed by atoms with Crippen LogP contribution >= 0.6 is 0 Å². The van der Waals surface area contributed by atoms with Crippen LogP contribution in [0.3, 0.4) is 0 Å². The van der Waals surface area contributed by atoms with Gasteiger partial charge in [-0.15, -0.1) is 0 Å². The van der Waals surface area contributed by atoms with Gasteiger partial charge in [-0.2, -0.15) is 0 Å². The van der Waals surface area contributed by atoms with Crippen LogP contribution in [0, 0.1) is 0 Å². The predicted octanol–water partition coefficient (Wildman–Crippen LogP) is 2.54. The summed E-state index contributed by atoms with van der Waals surface area (Å²) in [5.74, 6) is -0.376.